The van der Waals surface area contributed by atoms with Crippen LogP contribution in [0.5, 0.6) is 5.88 Å². The SMILES string of the molecule is COc1ccc(N2C(=O)/C(=N\c3ccc(Cl)c(Cl)c3)c3cc(Cl)ccc32)cn1. The number of amides is 1. The van der Waals surface area contributed by atoms with E-state index in [1.165, 1.54) is 12.0 Å². The lowest BCUT2D eigenvalue weighted by atomic mass is 10.1. The molecule has 1 aliphatic heterocycles. The molecule has 0 unspecified atom stereocenters. The highest BCUT2D eigenvalue weighted by molar-refractivity contribution is 6.56. The molecule has 2 heterocycles. The van der Waals surface area contributed by atoms with Crippen molar-refractivity contribution in [1.82, 2.24) is 4.98 Å². The Hall–Kier alpha value is -2.60. The Balaban J connectivity index is 1.84. The molecule has 0 aliphatic carbocycles. The second kappa shape index (κ2) is 7.43. The van der Waals surface area contributed by atoms with Crippen LogP contribution in [0, 0.1) is 0 Å². The molecule has 4 rings (SSSR count). The van der Waals surface area contributed by atoms with Gasteiger partial charge in [0.2, 0.25) is 5.88 Å². The lowest BCUT2D eigenvalue weighted by Crippen LogP contribution is -2.25. The number of methoxy groups -OCH3 is 1. The second-order valence-corrected chi connectivity index (χ2v) is 7.17. The third-order valence-electron chi connectivity index (χ3n) is 4.19. The largest absolute Gasteiger partial charge is 0.481 e. The summed E-state index contributed by atoms with van der Waals surface area (Å²) in [7, 11) is 1.53. The van der Waals surface area contributed by atoms with Crippen molar-refractivity contribution in [2.75, 3.05) is 12.0 Å². The fraction of sp³-hybridized carbons (Fsp3) is 0.0500. The minimum Gasteiger partial charge on any atom is -0.481 e. The van der Waals surface area contributed by atoms with Crippen LogP contribution in [0.15, 0.2) is 59.7 Å². The lowest BCUT2D eigenvalue weighted by molar-refractivity contribution is -0.111. The molecule has 0 atom stereocenters. The van der Waals surface area contributed by atoms with Crippen molar-refractivity contribution in [3.05, 3.63) is 75.4 Å². The Morgan fingerprint density at radius 1 is 1.00 bits per heavy atom. The minimum atomic E-state index is -0.296. The molecule has 0 N–H and O–H groups in total. The van der Waals surface area contributed by atoms with E-state index >= 15 is 0 Å². The fourth-order valence-corrected chi connectivity index (χ4v) is 3.36. The monoisotopic (exact) mass is 431 g/mol. The summed E-state index contributed by atoms with van der Waals surface area (Å²) in [5.74, 6) is 0.159. The molecule has 0 fully saturated rings. The first-order valence-electron chi connectivity index (χ1n) is 8.16. The van der Waals surface area contributed by atoms with Crippen molar-refractivity contribution in [3.8, 4) is 5.88 Å². The van der Waals surface area contributed by atoms with Gasteiger partial charge in [0.1, 0.15) is 5.71 Å². The average molecular weight is 433 g/mol. The summed E-state index contributed by atoms with van der Waals surface area (Å²) in [6.45, 7) is 0. The highest BCUT2D eigenvalue weighted by atomic mass is 35.5. The molecule has 0 saturated carbocycles. The number of aliphatic imine (C=N–C) groups is 1. The summed E-state index contributed by atoms with van der Waals surface area (Å²) in [4.78, 5) is 23.4. The van der Waals surface area contributed by atoms with Crippen LogP contribution in [0.2, 0.25) is 15.1 Å². The Morgan fingerprint density at radius 3 is 2.50 bits per heavy atom. The smallest absolute Gasteiger partial charge is 0.282 e. The van der Waals surface area contributed by atoms with Gasteiger partial charge in [0, 0.05) is 16.7 Å². The minimum absolute atomic E-state index is 0.256. The Labute approximate surface area is 176 Å². The zero-order valence-corrected chi connectivity index (χ0v) is 16.8. The normalized spacial score (nSPS) is 14.5. The van der Waals surface area contributed by atoms with Crippen LogP contribution in [-0.4, -0.2) is 23.7 Å². The number of pyridine rings is 1. The van der Waals surface area contributed by atoms with Gasteiger partial charge in [-0.05, 0) is 42.5 Å². The van der Waals surface area contributed by atoms with Crippen LogP contribution in [0.1, 0.15) is 5.56 Å². The van der Waals surface area contributed by atoms with Crippen molar-refractivity contribution >= 4 is 63.5 Å². The second-order valence-electron chi connectivity index (χ2n) is 5.92. The van der Waals surface area contributed by atoms with Gasteiger partial charge in [-0.1, -0.05) is 34.8 Å². The molecule has 28 heavy (non-hydrogen) atoms. The summed E-state index contributed by atoms with van der Waals surface area (Å²) < 4.78 is 5.09. The number of carbonyl (C=O) groups is 1. The number of carbonyl (C=O) groups excluding carboxylic acids is 1. The fourth-order valence-electron chi connectivity index (χ4n) is 2.90. The highest BCUT2D eigenvalue weighted by Gasteiger charge is 2.35. The van der Waals surface area contributed by atoms with Gasteiger partial charge in [0.05, 0.1) is 40.4 Å². The molecule has 0 radical (unpaired) electrons. The summed E-state index contributed by atoms with van der Waals surface area (Å²) in [5, 5.41) is 1.28. The summed E-state index contributed by atoms with van der Waals surface area (Å²) in [6, 6.07) is 13.6. The zero-order chi connectivity index (χ0) is 19.8. The number of ether oxygens (including phenoxy) is 1. The summed E-state index contributed by atoms with van der Waals surface area (Å²) in [5.41, 5.74) is 2.65. The molecule has 5 nitrogen and oxygen atoms in total. The number of aromatic nitrogens is 1. The van der Waals surface area contributed by atoms with Gasteiger partial charge in [-0.2, -0.15) is 0 Å². The van der Waals surface area contributed by atoms with Crippen LogP contribution >= 0.6 is 34.8 Å². The van der Waals surface area contributed by atoms with E-state index in [1.54, 1.807) is 54.7 Å². The maximum atomic E-state index is 13.2. The maximum Gasteiger partial charge on any atom is 0.282 e. The molecule has 1 aromatic heterocycles. The van der Waals surface area contributed by atoms with E-state index < -0.39 is 0 Å². The molecule has 3 aromatic rings. The van der Waals surface area contributed by atoms with E-state index in [0.717, 1.165) is 0 Å². The molecule has 1 aliphatic rings. The van der Waals surface area contributed by atoms with E-state index in [1.807, 2.05) is 0 Å². The van der Waals surface area contributed by atoms with Crippen LogP contribution in [-0.2, 0) is 4.79 Å². The van der Waals surface area contributed by atoms with Gasteiger partial charge >= 0.3 is 0 Å². The predicted molar refractivity (Wildman–Crippen MR) is 112 cm³/mol. The van der Waals surface area contributed by atoms with E-state index in [0.29, 0.717) is 43.6 Å². The lowest BCUT2D eigenvalue weighted by Gasteiger charge is -2.16. The molecule has 0 spiro atoms. The van der Waals surface area contributed by atoms with Crippen molar-refractivity contribution in [1.29, 1.82) is 0 Å². The summed E-state index contributed by atoms with van der Waals surface area (Å²) in [6.07, 6.45) is 1.57. The topological polar surface area (TPSA) is 54.8 Å². The van der Waals surface area contributed by atoms with Gasteiger partial charge < -0.3 is 4.74 Å². The number of hydrogen-bond acceptors (Lipinski definition) is 4. The van der Waals surface area contributed by atoms with Crippen LogP contribution in [0.3, 0.4) is 0 Å². The van der Waals surface area contributed by atoms with E-state index in [2.05, 4.69) is 9.98 Å². The van der Waals surface area contributed by atoms with Crippen molar-refractivity contribution < 1.29 is 9.53 Å². The van der Waals surface area contributed by atoms with E-state index in [4.69, 9.17) is 39.5 Å². The highest BCUT2D eigenvalue weighted by Crippen LogP contribution is 2.38. The number of hydrogen-bond donors (Lipinski definition) is 0. The van der Waals surface area contributed by atoms with Gasteiger partial charge in [-0.15, -0.1) is 0 Å². The molecular weight excluding hydrogens is 421 g/mol. The van der Waals surface area contributed by atoms with Gasteiger partial charge in [-0.25, -0.2) is 9.98 Å². The molecule has 140 valence electrons. The first-order valence-corrected chi connectivity index (χ1v) is 9.29. The van der Waals surface area contributed by atoms with Gasteiger partial charge in [0.15, 0.2) is 0 Å². The molecule has 0 saturated heterocycles. The molecule has 8 heteroatoms. The maximum absolute atomic E-state index is 13.2. The average Bonchev–Trinajstić information content (AvgIpc) is 2.96. The number of nitrogens with zero attached hydrogens (tertiary/aromatic N) is 3. The Morgan fingerprint density at radius 2 is 1.82 bits per heavy atom. The molecule has 1 amide bonds. The number of halogens is 3. The Bertz CT molecular complexity index is 1110. The quantitative estimate of drug-likeness (QED) is 0.522. The first kappa shape index (κ1) is 18.7. The van der Waals surface area contributed by atoms with Crippen LogP contribution in [0.4, 0.5) is 17.1 Å². The Kier molecular flexibility index (Phi) is 4.98. The van der Waals surface area contributed by atoms with E-state index in [-0.39, 0.29) is 11.6 Å². The molecule has 0 bridgehead atoms. The van der Waals surface area contributed by atoms with Crippen molar-refractivity contribution in [2.24, 2.45) is 4.99 Å². The number of fused-ring (bicyclic) bond motifs is 1. The van der Waals surface area contributed by atoms with E-state index in [9.17, 15) is 4.79 Å². The van der Waals surface area contributed by atoms with Gasteiger partial charge in [-0.3, -0.25) is 9.69 Å². The number of benzene rings is 2. The first-order chi connectivity index (χ1) is 13.5. The van der Waals surface area contributed by atoms with Crippen LogP contribution < -0.4 is 9.64 Å². The molecular formula is C20H12Cl3N3O2. The van der Waals surface area contributed by atoms with Crippen molar-refractivity contribution in [2.45, 2.75) is 0 Å². The number of rotatable bonds is 3. The predicted octanol–water partition coefficient (Wildman–Crippen LogP) is 5.85. The standard InChI is InChI=1S/C20H12Cl3N3O2/c1-28-18-7-4-13(10-24-18)26-17-6-2-11(21)8-14(17)19(20(26)27)25-12-3-5-15(22)16(23)9-12/h2-10H,1H3/b25-19-. The third-order valence-corrected chi connectivity index (χ3v) is 5.17. The zero-order valence-electron chi connectivity index (χ0n) is 14.5. The molecule has 2 aromatic carbocycles. The van der Waals surface area contributed by atoms with Crippen LogP contribution in [0.25, 0.3) is 0 Å². The summed E-state index contributed by atoms with van der Waals surface area (Å²) >= 11 is 18.2. The van der Waals surface area contributed by atoms with Gasteiger partial charge in [0.25, 0.3) is 5.91 Å². The van der Waals surface area contributed by atoms with Crippen molar-refractivity contribution in [3.63, 3.8) is 0 Å². The number of anilines is 2. The third kappa shape index (κ3) is 3.33.